The van der Waals surface area contributed by atoms with Gasteiger partial charge in [-0.05, 0) is 18.2 Å². The fraction of sp³-hybridized carbons (Fsp3) is 0.357. The van der Waals surface area contributed by atoms with Gasteiger partial charge in [0, 0.05) is 17.8 Å². The second-order valence-electron chi connectivity index (χ2n) is 5.88. The van der Waals surface area contributed by atoms with Crippen LogP contribution in [0.5, 0.6) is 0 Å². The highest BCUT2D eigenvalue weighted by Crippen LogP contribution is 2.26. The molecule has 0 aromatic carbocycles. The predicted octanol–water partition coefficient (Wildman–Crippen LogP) is 1.80. The third-order valence-electron chi connectivity index (χ3n) is 3.23. The van der Waals surface area contributed by atoms with Crippen molar-refractivity contribution in [3.05, 3.63) is 30.6 Å². The van der Waals surface area contributed by atoms with Crippen molar-refractivity contribution in [2.24, 2.45) is 10.5 Å². The lowest BCUT2D eigenvalue weighted by Gasteiger charge is -2.16. The highest BCUT2D eigenvalue weighted by Gasteiger charge is 2.32. The zero-order valence-electron chi connectivity index (χ0n) is 12.2. The fourth-order valence-corrected chi connectivity index (χ4v) is 1.98. The van der Waals surface area contributed by atoms with Gasteiger partial charge in [0.1, 0.15) is 0 Å². The molecule has 7 nitrogen and oxygen atoms in total. The maximum absolute atomic E-state index is 12.1. The molecule has 3 rings (SSSR count). The van der Waals surface area contributed by atoms with Crippen molar-refractivity contribution in [1.82, 2.24) is 20.0 Å². The minimum atomic E-state index is -0.132. The molecule has 0 aliphatic carbocycles. The van der Waals surface area contributed by atoms with Crippen molar-refractivity contribution in [3.63, 3.8) is 0 Å². The molecule has 0 N–H and O–H groups in total. The third kappa shape index (κ3) is 2.54. The molecule has 0 unspecified atom stereocenters. The van der Waals surface area contributed by atoms with Crippen LogP contribution in [-0.4, -0.2) is 31.6 Å². The molecule has 0 spiro atoms. The Morgan fingerprint density at radius 1 is 1.14 bits per heavy atom. The van der Waals surface area contributed by atoms with E-state index in [0.717, 1.165) is 5.71 Å². The average Bonchev–Trinajstić information content (AvgIpc) is 3.07. The van der Waals surface area contributed by atoms with Gasteiger partial charge in [-0.3, -0.25) is 4.79 Å². The minimum Gasteiger partial charge on any atom is -0.272 e. The van der Waals surface area contributed by atoms with Crippen LogP contribution in [0.15, 0.2) is 35.7 Å². The predicted molar refractivity (Wildman–Crippen MR) is 78.1 cm³/mol. The zero-order valence-corrected chi connectivity index (χ0v) is 12.2. The first-order valence-corrected chi connectivity index (χ1v) is 6.70. The van der Waals surface area contributed by atoms with Crippen LogP contribution in [0.3, 0.4) is 0 Å². The summed E-state index contributed by atoms with van der Waals surface area (Å²) in [6.07, 6.45) is 3.77. The second-order valence-corrected chi connectivity index (χ2v) is 5.88. The van der Waals surface area contributed by atoms with E-state index < -0.39 is 0 Å². The Labute approximate surface area is 122 Å². The third-order valence-corrected chi connectivity index (χ3v) is 3.23. The number of hydrogen-bond donors (Lipinski definition) is 0. The van der Waals surface area contributed by atoms with Crippen molar-refractivity contribution in [1.29, 1.82) is 0 Å². The lowest BCUT2D eigenvalue weighted by molar-refractivity contribution is -0.117. The molecule has 2 aromatic rings. The molecule has 1 aliphatic heterocycles. The van der Waals surface area contributed by atoms with Gasteiger partial charge >= 0.3 is 0 Å². The Bertz CT molecular complexity index is 681. The SMILES string of the molecule is CC(C)(C)C1=NN(c2ccc(-n3cccn3)nn2)C(=O)C1. The first kappa shape index (κ1) is 13.4. The lowest BCUT2D eigenvalue weighted by atomic mass is 9.88. The van der Waals surface area contributed by atoms with Crippen LogP contribution >= 0.6 is 0 Å². The number of amides is 1. The molecule has 0 atom stereocenters. The second kappa shape index (κ2) is 4.76. The quantitative estimate of drug-likeness (QED) is 0.842. The number of rotatable bonds is 2. The van der Waals surface area contributed by atoms with E-state index in [1.165, 1.54) is 5.01 Å². The number of carbonyl (C=O) groups excluding carboxylic acids is 1. The number of carbonyl (C=O) groups is 1. The van der Waals surface area contributed by atoms with Crippen LogP contribution in [0.2, 0.25) is 0 Å². The van der Waals surface area contributed by atoms with Crippen LogP contribution in [0, 0.1) is 5.41 Å². The minimum absolute atomic E-state index is 0.0823. The summed E-state index contributed by atoms with van der Waals surface area (Å²) in [5.74, 6) is 0.937. The molecule has 7 heteroatoms. The van der Waals surface area contributed by atoms with E-state index in [2.05, 4.69) is 20.4 Å². The normalized spacial score (nSPS) is 15.5. The van der Waals surface area contributed by atoms with Crippen molar-refractivity contribution in [2.45, 2.75) is 27.2 Å². The van der Waals surface area contributed by atoms with E-state index in [1.807, 2.05) is 20.8 Å². The summed E-state index contributed by atoms with van der Waals surface area (Å²) in [7, 11) is 0. The number of hydrazone groups is 1. The van der Waals surface area contributed by atoms with Gasteiger partial charge in [-0.1, -0.05) is 20.8 Å². The molecule has 1 amide bonds. The zero-order chi connectivity index (χ0) is 15.0. The number of aromatic nitrogens is 4. The summed E-state index contributed by atoms with van der Waals surface area (Å²) in [6, 6.07) is 5.28. The molecule has 0 fully saturated rings. The molecule has 0 saturated heterocycles. The van der Waals surface area contributed by atoms with Crippen molar-refractivity contribution < 1.29 is 4.79 Å². The standard InChI is InChI=1S/C14H16N6O/c1-14(2,3)10-9-13(21)20(18-10)12-6-5-11(16-17-12)19-8-4-7-15-19/h4-8H,9H2,1-3H3. The molecule has 0 radical (unpaired) electrons. The van der Waals surface area contributed by atoms with Gasteiger partial charge < -0.3 is 0 Å². The van der Waals surface area contributed by atoms with Gasteiger partial charge in [-0.25, -0.2) is 4.68 Å². The fourth-order valence-electron chi connectivity index (χ4n) is 1.98. The molecule has 1 aliphatic rings. The summed E-state index contributed by atoms with van der Waals surface area (Å²) in [5.41, 5.74) is 0.720. The summed E-state index contributed by atoms with van der Waals surface area (Å²) >= 11 is 0. The smallest absolute Gasteiger partial charge is 0.254 e. The topological polar surface area (TPSA) is 76.3 Å². The van der Waals surface area contributed by atoms with E-state index in [4.69, 9.17) is 0 Å². The van der Waals surface area contributed by atoms with Gasteiger partial charge in [0.05, 0.1) is 12.1 Å². The molecular weight excluding hydrogens is 268 g/mol. The largest absolute Gasteiger partial charge is 0.272 e. The van der Waals surface area contributed by atoms with E-state index in [-0.39, 0.29) is 11.3 Å². The van der Waals surface area contributed by atoms with Crippen molar-refractivity contribution >= 4 is 17.4 Å². The highest BCUT2D eigenvalue weighted by molar-refractivity contribution is 6.14. The summed E-state index contributed by atoms with van der Waals surface area (Å²) in [4.78, 5) is 12.1. The monoisotopic (exact) mass is 284 g/mol. The van der Waals surface area contributed by atoms with E-state index >= 15 is 0 Å². The van der Waals surface area contributed by atoms with Crippen LogP contribution in [0.4, 0.5) is 5.82 Å². The van der Waals surface area contributed by atoms with Gasteiger partial charge in [0.2, 0.25) is 0 Å². The first-order valence-electron chi connectivity index (χ1n) is 6.70. The summed E-state index contributed by atoms with van der Waals surface area (Å²) < 4.78 is 1.60. The molecule has 2 aromatic heterocycles. The van der Waals surface area contributed by atoms with Crippen molar-refractivity contribution in [2.75, 3.05) is 5.01 Å². The highest BCUT2D eigenvalue weighted by atomic mass is 16.2. The van der Waals surface area contributed by atoms with Crippen LogP contribution in [-0.2, 0) is 4.79 Å². The molecule has 108 valence electrons. The van der Waals surface area contributed by atoms with E-state index in [1.54, 1.807) is 35.3 Å². The average molecular weight is 284 g/mol. The lowest BCUT2D eigenvalue weighted by Crippen LogP contribution is -2.21. The molecule has 0 saturated carbocycles. The van der Waals surface area contributed by atoms with Crippen LogP contribution < -0.4 is 5.01 Å². The molecule has 21 heavy (non-hydrogen) atoms. The molecule has 0 bridgehead atoms. The van der Waals surface area contributed by atoms with E-state index in [0.29, 0.717) is 18.1 Å². The van der Waals surface area contributed by atoms with Gasteiger partial charge in [0.25, 0.3) is 5.91 Å². The first-order chi connectivity index (χ1) is 9.95. The molecule has 3 heterocycles. The van der Waals surface area contributed by atoms with Gasteiger partial charge in [0.15, 0.2) is 11.6 Å². The van der Waals surface area contributed by atoms with Gasteiger partial charge in [-0.15, -0.1) is 10.2 Å². The van der Waals surface area contributed by atoms with E-state index in [9.17, 15) is 4.79 Å². The number of anilines is 1. The van der Waals surface area contributed by atoms with Gasteiger partial charge in [-0.2, -0.15) is 15.2 Å². The van der Waals surface area contributed by atoms with Crippen LogP contribution in [0.1, 0.15) is 27.2 Å². The number of nitrogens with zero attached hydrogens (tertiary/aromatic N) is 6. The Balaban J connectivity index is 1.88. The summed E-state index contributed by atoms with van der Waals surface area (Å²) in [5, 5.41) is 17.9. The Morgan fingerprint density at radius 3 is 2.38 bits per heavy atom. The maximum Gasteiger partial charge on any atom is 0.254 e. The Kier molecular flexibility index (Phi) is 3.04. The molecular formula is C14H16N6O. The van der Waals surface area contributed by atoms with Crippen LogP contribution in [0.25, 0.3) is 5.82 Å². The Hall–Kier alpha value is -2.57. The number of hydrogen-bond acceptors (Lipinski definition) is 5. The van der Waals surface area contributed by atoms with Crippen molar-refractivity contribution in [3.8, 4) is 5.82 Å². The summed E-state index contributed by atoms with van der Waals surface area (Å²) in [6.45, 7) is 6.11. The Morgan fingerprint density at radius 2 is 1.86 bits per heavy atom. The maximum atomic E-state index is 12.1.